The zero-order chi connectivity index (χ0) is 13.1. The predicted molar refractivity (Wildman–Crippen MR) is 67.8 cm³/mol. The van der Waals surface area contributed by atoms with E-state index in [0.29, 0.717) is 5.69 Å². The highest BCUT2D eigenvalue weighted by Gasteiger charge is 2.10. The molecule has 1 heterocycles. The number of phenolic OH excluding ortho intramolecular Hbond substituents is 1. The number of rotatable bonds is 2. The van der Waals surface area contributed by atoms with Gasteiger partial charge in [0.15, 0.2) is 0 Å². The van der Waals surface area contributed by atoms with Gasteiger partial charge in [-0.2, -0.15) is 0 Å². The minimum atomic E-state index is -0.407. The molecule has 2 aromatic rings. The Bertz CT molecular complexity index is 584. The molecule has 2 rings (SSSR count). The molecule has 0 saturated heterocycles. The maximum absolute atomic E-state index is 11.8. The number of benzene rings is 1. The van der Waals surface area contributed by atoms with Gasteiger partial charge in [-0.25, -0.2) is 4.98 Å². The van der Waals surface area contributed by atoms with Crippen LogP contribution in [0.4, 0.5) is 5.69 Å². The molecule has 0 bridgehead atoms. The molecule has 0 fully saturated rings. The first-order valence-electron chi connectivity index (χ1n) is 5.15. The third-order valence-electron chi connectivity index (χ3n) is 2.21. The van der Waals surface area contributed by atoms with Gasteiger partial charge in [0.25, 0.3) is 5.91 Å². The molecule has 0 aliphatic rings. The number of aryl methyl sites for hydroxylation is 1. The summed E-state index contributed by atoms with van der Waals surface area (Å²) in [6.45, 7) is 1.78. The van der Waals surface area contributed by atoms with Crippen molar-refractivity contribution in [2.75, 3.05) is 5.32 Å². The summed E-state index contributed by atoms with van der Waals surface area (Å²) in [7, 11) is 0. The van der Waals surface area contributed by atoms with Crippen LogP contribution in [0.1, 0.15) is 16.2 Å². The summed E-state index contributed by atoms with van der Waals surface area (Å²) in [5.74, 6) is -0.372. The smallest absolute Gasteiger partial charge is 0.275 e. The summed E-state index contributed by atoms with van der Waals surface area (Å²) in [4.78, 5) is 19.8. The number of nitrogens with one attached hydrogen (secondary N) is 1. The van der Waals surface area contributed by atoms with Crippen molar-refractivity contribution < 1.29 is 9.90 Å². The molecule has 0 radical (unpaired) electrons. The number of nitrogens with zero attached hydrogens (tertiary/aromatic N) is 2. The lowest BCUT2D eigenvalue weighted by Gasteiger charge is -2.06. The van der Waals surface area contributed by atoms with Crippen molar-refractivity contribution in [3.05, 3.63) is 47.0 Å². The second kappa shape index (κ2) is 5.01. The molecular formula is C12H10ClN3O2. The number of halogens is 1. The van der Waals surface area contributed by atoms with Gasteiger partial charge in [0, 0.05) is 12.3 Å². The topological polar surface area (TPSA) is 75.1 Å². The van der Waals surface area contributed by atoms with Crippen LogP contribution in [-0.4, -0.2) is 21.0 Å². The molecule has 5 nitrogen and oxygen atoms in total. The lowest BCUT2D eigenvalue weighted by atomic mass is 10.3. The number of phenols is 1. The largest absolute Gasteiger partial charge is 0.508 e. The number of aromatic hydroxyl groups is 1. The van der Waals surface area contributed by atoms with E-state index in [1.165, 1.54) is 30.6 Å². The van der Waals surface area contributed by atoms with Gasteiger partial charge in [-0.05, 0) is 19.1 Å². The summed E-state index contributed by atoms with van der Waals surface area (Å²) >= 11 is 5.88. The maximum Gasteiger partial charge on any atom is 0.275 e. The summed E-state index contributed by atoms with van der Waals surface area (Å²) in [5.41, 5.74) is 1.33. The number of aromatic nitrogens is 2. The van der Waals surface area contributed by atoms with Crippen molar-refractivity contribution in [1.82, 2.24) is 9.97 Å². The molecule has 1 aromatic heterocycles. The number of anilines is 1. The molecule has 1 amide bonds. The fourth-order valence-electron chi connectivity index (χ4n) is 1.30. The van der Waals surface area contributed by atoms with Crippen LogP contribution in [0.5, 0.6) is 5.75 Å². The summed E-state index contributed by atoms with van der Waals surface area (Å²) < 4.78 is 0. The van der Waals surface area contributed by atoms with Crippen molar-refractivity contribution in [1.29, 1.82) is 0 Å². The standard InChI is InChI=1S/C12H10ClN3O2/c1-7-5-15-11(6-14-7)12(18)16-10-3-2-8(17)4-9(10)13/h2-6,17H,1H3,(H,16,18). The third-order valence-corrected chi connectivity index (χ3v) is 2.53. The fourth-order valence-corrected chi connectivity index (χ4v) is 1.52. The van der Waals surface area contributed by atoms with Crippen molar-refractivity contribution >= 4 is 23.2 Å². The molecule has 2 N–H and O–H groups in total. The first kappa shape index (κ1) is 12.3. The van der Waals surface area contributed by atoms with Crippen LogP contribution >= 0.6 is 11.6 Å². The Labute approximate surface area is 108 Å². The zero-order valence-electron chi connectivity index (χ0n) is 9.51. The number of carbonyl (C=O) groups is 1. The molecule has 18 heavy (non-hydrogen) atoms. The second-order valence-corrected chi connectivity index (χ2v) is 4.07. The Morgan fingerprint density at radius 3 is 2.72 bits per heavy atom. The van der Waals surface area contributed by atoms with E-state index in [4.69, 9.17) is 11.6 Å². The van der Waals surface area contributed by atoms with Crippen molar-refractivity contribution in [3.63, 3.8) is 0 Å². The lowest BCUT2D eigenvalue weighted by Crippen LogP contribution is -2.14. The zero-order valence-corrected chi connectivity index (χ0v) is 10.3. The highest BCUT2D eigenvalue weighted by molar-refractivity contribution is 6.34. The average Bonchev–Trinajstić information content (AvgIpc) is 2.33. The van der Waals surface area contributed by atoms with Gasteiger partial charge < -0.3 is 10.4 Å². The lowest BCUT2D eigenvalue weighted by molar-refractivity contribution is 0.102. The quantitative estimate of drug-likeness (QED) is 0.816. The van der Waals surface area contributed by atoms with Gasteiger partial charge >= 0.3 is 0 Å². The summed E-state index contributed by atoms with van der Waals surface area (Å²) in [6, 6.07) is 4.29. The van der Waals surface area contributed by atoms with Crippen LogP contribution in [0.3, 0.4) is 0 Å². The van der Waals surface area contributed by atoms with Crippen LogP contribution in [0.15, 0.2) is 30.6 Å². The summed E-state index contributed by atoms with van der Waals surface area (Å²) in [5, 5.41) is 12.0. The van der Waals surface area contributed by atoms with Crippen molar-refractivity contribution in [2.45, 2.75) is 6.92 Å². The minimum absolute atomic E-state index is 0.0353. The Morgan fingerprint density at radius 1 is 1.33 bits per heavy atom. The molecule has 0 unspecified atom stereocenters. The fraction of sp³-hybridized carbons (Fsp3) is 0.0833. The van der Waals surface area contributed by atoms with Gasteiger partial charge in [-0.15, -0.1) is 0 Å². The third kappa shape index (κ3) is 2.75. The summed E-state index contributed by atoms with van der Waals surface area (Å²) in [6.07, 6.45) is 2.90. The van der Waals surface area contributed by atoms with Gasteiger partial charge in [0.2, 0.25) is 0 Å². The van der Waals surface area contributed by atoms with Crippen LogP contribution < -0.4 is 5.32 Å². The van der Waals surface area contributed by atoms with Crippen LogP contribution in [0.2, 0.25) is 5.02 Å². The molecule has 0 atom stereocenters. The minimum Gasteiger partial charge on any atom is -0.508 e. The van der Waals surface area contributed by atoms with Gasteiger partial charge in [0.1, 0.15) is 11.4 Å². The molecule has 0 aliphatic carbocycles. The number of carbonyl (C=O) groups excluding carboxylic acids is 1. The molecule has 0 saturated carbocycles. The maximum atomic E-state index is 11.8. The van der Waals surface area contributed by atoms with E-state index >= 15 is 0 Å². The van der Waals surface area contributed by atoms with E-state index in [0.717, 1.165) is 5.69 Å². The highest BCUT2D eigenvalue weighted by Crippen LogP contribution is 2.26. The van der Waals surface area contributed by atoms with E-state index in [2.05, 4.69) is 15.3 Å². The highest BCUT2D eigenvalue weighted by atomic mass is 35.5. The normalized spacial score (nSPS) is 10.1. The van der Waals surface area contributed by atoms with Gasteiger partial charge in [-0.3, -0.25) is 9.78 Å². The Kier molecular flexibility index (Phi) is 3.43. The molecule has 6 heteroatoms. The van der Waals surface area contributed by atoms with E-state index < -0.39 is 5.91 Å². The monoisotopic (exact) mass is 263 g/mol. The van der Waals surface area contributed by atoms with Crippen LogP contribution in [-0.2, 0) is 0 Å². The van der Waals surface area contributed by atoms with E-state index in [-0.39, 0.29) is 16.5 Å². The number of hydrogen-bond donors (Lipinski definition) is 2. The van der Waals surface area contributed by atoms with Crippen molar-refractivity contribution in [3.8, 4) is 5.75 Å². The predicted octanol–water partition coefficient (Wildman–Crippen LogP) is 2.40. The Balaban J connectivity index is 2.18. The van der Waals surface area contributed by atoms with Crippen molar-refractivity contribution in [2.24, 2.45) is 0 Å². The van der Waals surface area contributed by atoms with Crippen LogP contribution in [0, 0.1) is 6.92 Å². The second-order valence-electron chi connectivity index (χ2n) is 3.66. The average molecular weight is 264 g/mol. The number of amides is 1. The SMILES string of the molecule is Cc1cnc(C(=O)Nc2ccc(O)cc2Cl)cn1. The van der Waals surface area contributed by atoms with Gasteiger partial charge in [0.05, 0.1) is 22.6 Å². The molecular weight excluding hydrogens is 254 g/mol. The van der Waals surface area contributed by atoms with E-state index in [1.807, 2.05) is 0 Å². The van der Waals surface area contributed by atoms with Gasteiger partial charge in [-0.1, -0.05) is 11.6 Å². The molecule has 0 spiro atoms. The Hall–Kier alpha value is -2.14. The Morgan fingerprint density at radius 2 is 2.11 bits per heavy atom. The first-order chi connectivity index (χ1) is 8.56. The molecule has 92 valence electrons. The number of hydrogen-bond acceptors (Lipinski definition) is 4. The molecule has 1 aromatic carbocycles. The first-order valence-corrected chi connectivity index (χ1v) is 5.52. The van der Waals surface area contributed by atoms with E-state index in [9.17, 15) is 9.90 Å². The van der Waals surface area contributed by atoms with Crippen LogP contribution in [0.25, 0.3) is 0 Å². The molecule has 0 aliphatic heterocycles. The van der Waals surface area contributed by atoms with E-state index in [1.54, 1.807) is 6.92 Å².